The van der Waals surface area contributed by atoms with Crippen LogP contribution >= 0.6 is 11.5 Å². The lowest BCUT2D eigenvalue weighted by Gasteiger charge is -2.19. The molecule has 0 aliphatic carbocycles. The summed E-state index contributed by atoms with van der Waals surface area (Å²) in [7, 11) is 2.00. The van der Waals surface area contributed by atoms with Crippen LogP contribution in [0, 0.1) is 0 Å². The van der Waals surface area contributed by atoms with Crippen molar-refractivity contribution in [3.63, 3.8) is 0 Å². The third kappa shape index (κ3) is 2.51. The van der Waals surface area contributed by atoms with Gasteiger partial charge in [0.25, 0.3) is 0 Å². The van der Waals surface area contributed by atoms with Crippen LogP contribution in [0.2, 0.25) is 0 Å². The molecule has 1 aromatic rings. The normalized spacial score (nSPS) is 15.4. The Balaban J connectivity index is 2.78. The molecule has 0 radical (unpaired) electrons. The molecule has 1 aromatic heterocycles. The van der Waals surface area contributed by atoms with E-state index >= 15 is 0 Å². The van der Waals surface area contributed by atoms with Crippen molar-refractivity contribution in [3.8, 4) is 0 Å². The number of nitrogens with zero attached hydrogens (tertiary/aromatic N) is 2. The predicted molar refractivity (Wildman–Crippen MR) is 60.8 cm³/mol. The average molecular weight is 213 g/mol. The van der Waals surface area contributed by atoms with Gasteiger partial charge in [0, 0.05) is 18.4 Å². The van der Waals surface area contributed by atoms with Gasteiger partial charge in [0.05, 0.1) is 0 Å². The van der Waals surface area contributed by atoms with E-state index in [1.807, 2.05) is 7.05 Å². The molecule has 0 aromatic carbocycles. The molecule has 0 bridgehead atoms. The molecule has 0 aliphatic heterocycles. The van der Waals surface area contributed by atoms with Crippen molar-refractivity contribution in [1.82, 2.24) is 14.7 Å². The van der Waals surface area contributed by atoms with Crippen molar-refractivity contribution in [2.75, 3.05) is 7.05 Å². The molecular weight excluding hydrogens is 194 g/mol. The number of likely N-dealkylation sites (N-methyl/N-ethyl adjacent to an activating group) is 1. The lowest BCUT2D eigenvalue weighted by molar-refractivity contribution is 0.481. The Kier molecular flexibility index (Phi) is 4.48. The summed E-state index contributed by atoms with van der Waals surface area (Å²) in [6.45, 7) is 6.49. The van der Waals surface area contributed by atoms with Crippen molar-refractivity contribution in [2.24, 2.45) is 0 Å². The van der Waals surface area contributed by atoms with Gasteiger partial charge in [-0.05, 0) is 31.9 Å². The van der Waals surface area contributed by atoms with E-state index < -0.39 is 0 Å². The quantitative estimate of drug-likeness (QED) is 0.815. The van der Waals surface area contributed by atoms with E-state index in [1.54, 1.807) is 11.5 Å². The second kappa shape index (κ2) is 5.41. The smallest absolute Gasteiger partial charge is 0.142 e. The van der Waals surface area contributed by atoms with Crippen molar-refractivity contribution >= 4 is 11.5 Å². The molecule has 4 heteroatoms. The monoisotopic (exact) mass is 213 g/mol. The van der Waals surface area contributed by atoms with Crippen molar-refractivity contribution < 1.29 is 0 Å². The minimum atomic E-state index is 0.470. The molecule has 2 unspecified atom stereocenters. The lowest BCUT2D eigenvalue weighted by Crippen LogP contribution is -2.28. The fraction of sp³-hybridized carbons (Fsp3) is 0.800. The topological polar surface area (TPSA) is 37.8 Å². The van der Waals surface area contributed by atoms with Gasteiger partial charge in [-0.3, -0.25) is 0 Å². The molecule has 1 heterocycles. The zero-order chi connectivity index (χ0) is 10.6. The van der Waals surface area contributed by atoms with Crippen molar-refractivity contribution in [2.45, 2.75) is 45.6 Å². The molecule has 2 atom stereocenters. The molecule has 0 aliphatic rings. The highest BCUT2D eigenvalue weighted by atomic mass is 32.1. The largest absolute Gasteiger partial charge is 0.317 e. The summed E-state index contributed by atoms with van der Waals surface area (Å²) in [5.74, 6) is 1.48. The van der Waals surface area contributed by atoms with Crippen LogP contribution in [0.1, 0.15) is 43.9 Å². The summed E-state index contributed by atoms with van der Waals surface area (Å²) in [4.78, 5) is 4.54. The summed E-state index contributed by atoms with van der Waals surface area (Å²) in [5, 5.41) is 4.45. The van der Waals surface area contributed by atoms with E-state index in [0.29, 0.717) is 12.0 Å². The van der Waals surface area contributed by atoms with Gasteiger partial charge in [-0.25, -0.2) is 4.98 Å². The molecule has 1 rings (SSSR count). The van der Waals surface area contributed by atoms with E-state index in [9.17, 15) is 0 Å². The molecule has 0 saturated carbocycles. The molecule has 14 heavy (non-hydrogen) atoms. The summed E-state index contributed by atoms with van der Waals surface area (Å²) in [6, 6.07) is 0.470. The van der Waals surface area contributed by atoms with E-state index in [2.05, 4.69) is 35.4 Å². The molecule has 0 amide bonds. The maximum atomic E-state index is 4.54. The van der Waals surface area contributed by atoms with Crippen LogP contribution in [0.4, 0.5) is 0 Å². The van der Waals surface area contributed by atoms with Gasteiger partial charge in [0.1, 0.15) is 10.8 Å². The first-order valence-corrected chi connectivity index (χ1v) is 5.99. The number of hydrogen-bond acceptors (Lipinski definition) is 4. The number of aromatic nitrogens is 2. The van der Waals surface area contributed by atoms with E-state index in [4.69, 9.17) is 0 Å². The lowest BCUT2D eigenvalue weighted by atomic mass is 9.99. The maximum absolute atomic E-state index is 4.54. The summed E-state index contributed by atoms with van der Waals surface area (Å²) < 4.78 is 4.32. The third-order valence-electron chi connectivity index (χ3n) is 2.62. The molecule has 0 saturated heterocycles. The fourth-order valence-corrected chi connectivity index (χ4v) is 2.53. The SMILES string of the molecule is CCc1nsc(C(CC)C(C)NC)n1. The second-order valence-electron chi connectivity index (χ2n) is 3.49. The fourth-order valence-electron chi connectivity index (χ4n) is 1.50. The van der Waals surface area contributed by atoms with Crippen LogP contribution in [0.5, 0.6) is 0 Å². The van der Waals surface area contributed by atoms with Gasteiger partial charge in [-0.1, -0.05) is 13.8 Å². The van der Waals surface area contributed by atoms with Crippen LogP contribution in [0.3, 0.4) is 0 Å². The second-order valence-corrected chi connectivity index (χ2v) is 4.28. The van der Waals surface area contributed by atoms with Crippen LogP contribution in [-0.2, 0) is 6.42 Å². The molecule has 3 nitrogen and oxygen atoms in total. The van der Waals surface area contributed by atoms with E-state index in [-0.39, 0.29) is 0 Å². The first-order chi connectivity index (χ1) is 6.72. The van der Waals surface area contributed by atoms with E-state index in [0.717, 1.165) is 18.7 Å². The minimum absolute atomic E-state index is 0.470. The predicted octanol–water partition coefficient (Wildman–Crippen LogP) is 2.20. The Hall–Kier alpha value is -0.480. The highest BCUT2D eigenvalue weighted by molar-refractivity contribution is 7.05. The molecule has 0 fully saturated rings. The number of aryl methyl sites for hydroxylation is 1. The average Bonchev–Trinajstić information content (AvgIpc) is 2.67. The molecule has 80 valence electrons. The Labute approximate surface area is 90.1 Å². The zero-order valence-corrected chi connectivity index (χ0v) is 10.2. The summed E-state index contributed by atoms with van der Waals surface area (Å²) in [6.07, 6.45) is 2.04. The Bertz CT molecular complexity index is 272. The van der Waals surface area contributed by atoms with Crippen LogP contribution < -0.4 is 5.32 Å². The highest BCUT2D eigenvalue weighted by Crippen LogP contribution is 2.24. The molecular formula is C10H19N3S. The molecule has 1 N–H and O–H groups in total. The third-order valence-corrected chi connectivity index (χ3v) is 3.50. The van der Waals surface area contributed by atoms with Gasteiger partial charge >= 0.3 is 0 Å². The van der Waals surface area contributed by atoms with Crippen LogP contribution in [0.25, 0.3) is 0 Å². The standard InChI is InChI=1S/C10H19N3S/c1-5-8(7(3)11-4)10-12-9(6-2)13-14-10/h7-8,11H,5-6H2,1-4H3. The zero-order valence-electron chi connectivity index (χ0n) is 9.37. The summed E-state index contributed by atoms with van der Waals surface area (Å²) in [5.41, 5.74) is 0. The Morgan fingerprint density at radius 3 is 2.57 bits per heavy atom. The van der Waals surface area contributed by atoms with Crippen LogP contribution in [0.15, 0.2) is 0 Å². The minimum Gasteiger partial charge on any atom is -0.317 e. The Morgan fingerprint density at radius 1 is 1.43 bits per heavy atom. The van der Waals surface area contributed by atoms with Crippen molar-refractivity contribution in [1.29, 1.82) is 0 Å². The van der Waals surface area contributed by atoms with Gasteiger partial charge in [0.2, 0.25) is 0 Å². The molecule has 0 spiro atoms. The first kappa shape index (κ1) is 11.6. The number of rotatable bonds is 5. The first-order valence-electron chi connectivity index (χ1n) is 5.22. The Morgan fingerprint density at radius 2 is 2.14 bits per heavy atom. The van der Waals surface area contributed by atoms with Gasteiger partial charge in [-0.2, -0.15) is 4.37 Å². The maximum Gasteiger partial charge on any atom is 0.142 e. The van der Waals surface area contributed by atoms with Crippen molar-refractivity contribution in [3.05, 3.63) is 10.8 Å². The van der Waals surface area contributed by atoms with Crippen LogP contribution in [-0.4, -0.2) is 22.4 Å². The van der Waals surface area contributed by atoms with Gasteiger partial charge < -0.3 is 5.32 Å². The number of hydrogen-bond donors (Lipinski definition) is 1. The van der Waals surface area contributed by atoms with E-state index in [1.165, 1.54) is 5.01 Å². The van der Waals surface area contributed by atoms with Gasteiger partial charge in [0.15, 0.2) is 0 Å². The highest BCUT2D eigenvalue weighted by Gasteiger charge is 2.19. The summed E-state index contributed by atoms with van der Waals surface area (Å²) >= 11 is 1.55. The van der Waals surface area contributed by atoms with Gasteiger partial charge in [-0.15, -0.1) is 0 Å². The number of nitrogens with one attached hydrogen (secondary N) is 1.